The van der Waals surface area contributed by atoms with Crippen molar-refractivity contribution in [3.63, 3.8) is 0 Å². The molecule has 3 rings (SSSR count). The summed E-state index contributed by atoms with van der Waals surface area (Å²) in [5.41, 5.74) is -0.416. The monoisotopic (exact) mass is 360 g/mol. The molecule has 2 aromatic rings. The van der Waals surface area contributed by atoms with Gasteiger partial charge in [0.05, 0.1) is 10.5 Å². The lowest BCUT2D eigenvalue weighted by Crippen LogP contribution is -2.48. The van der Waals surface area contributed by atoms with Gasteiger partial charge in [0, 0.05) is 18.2 Å². The van der Waals surface area contributed by atoms with Gasteiger partial charge in [-0.25, -0.2) is 4.79 Å². The summed E-state index contributed by atoms with van der Waals surface area (Å²) in [7, 11) is 0. The number of rotatable bonds is 3. The van der Waals surface area contributed by atoms with E-state index < -0.39 is 22.4 Å². The van der Waals surface area contributed by atoms with E-state index >= 15 is 0 Å². The number of ether oxygens (including phenoxy) is 1. The first-order chi connectivity index (χ1) is 11.8. The highest BCUT2D eigenvalue weighted by molar-refractivity contribution is 6.32. The zero-order valence-electron chi connectivity index (χ0n) is 13.1. The maximum Gasteiger partial charge on any atom is 0.339 e. The minimum absolute atomic E-state index is 0.0350. The van der Waals surface area contributed by atoms with Gasteiger partial charge in [-0.2, -0.15) is 0 Å². The molecule has 0 fully saturated rings. The first-order valence-electron chi connectivity index (χ1n) is 7.37. The van der Waals surface area contributed by atoms with Gasteiger partial charge in [-0.1, -0.05) is 29.8 Å². The van der Waals surface area contributed by atoms with Crippen molar-refractivity contribution in [3.8, 4) is 0 Å². The number of fused-ring (bicyclic) bond motifs is 1. The molecule has 25 heavy (non-hydrogen) atoms. The molecule has 0 spiro atoms. The molecule has 0 saturated carbocycles. The topological polar surface area (TPSA) is 98.5 Å². The maximum atomic E-state index is 12.6. The number of nitro benzene ring substituents is 1. The minimum atomic E-state index is -1.42. The minimum Gasteiger partial charge on any atom is -0.445 e. The fourth-order valence-electron chi connectivity index (χ4n) is 2.65. The number of esters is 1. The molecule has 0 radical (unpaired) electrons. The van der Waals surface area contributed by atoms with Crippen molar-refractivity contribution in [1.82, 2.24) is 0 Å². The first-order valence-corrected chi connectivity index (χ1v) is 7.74. The molecule has 1 N–H and O–H groups in total. The molecule has 1 aliphatic rings. The number of anilines is 1. The molecule has 0 aliphatic carbocycles. The highest BCUT2D eigenvalue weighted by Gasteiger charge is 2.42. The second kappa shape index (κ2) is 6.18. The van der Waals surface area contributed by atoms with Crippen LogP contribution in [0.5, 0.6) is 0 Å². The van der Waals surface area contributed by atoms with E-state index in [0.717, 1.165) is 6.07 Å². The smallest absolute Gasteiger partial charge is 0.339 e. The van der Waals surface area contributed by atoms with Crippen LogP contribution in [0.4, 0.5) is 11.4 Å². The van der Waals surface area contributed by atoms with Gasteiger partial charge in [-0.05, 0) is 30.7 Å². The van der Waals surface area contributed by atoms with Gasteiger partial charge in [0.2, 0.25) is 0 Å². The van der Waals surface area contributed by atoms with Gasteiger partial charge in [-0.15, -0.1) is 0 Å². The van der Waals surface area contributed by atoms with Gasteiger partial charge >= 0.3 is 5.97 Å². The summed E-state index contributed by atoms with van der Waals surface area (Å²) in [5.74, 6) is -1.16. The van der Waals surface area contributed by atoms with E-state index in [1.165, 1.54) is 19.1 Å². The van der Waals surface area contributed by atoms with E-state index in [1.807, 2.05) is 0 Å². The van der Waals surface area contributed by atoms with E-state index in [2.05, 4.69) is 5.32 Å². The predicted octanol–water partition coefficient (Wildman–Crippen LogP) is 3.36. The third kappa shape index (κ3) is 3.18. The summed E-state index contributed by atoms with van der Waals surface area (Å²) < 4.78 is 5.32. The number of nitrogens with one attached hydrogen (secondary N) is 1. The zero-order chi connectivity index (χ0) is 18.2. The Kier molecular flexibility index (Phi) is 4.18. The Morgan fingerprint density at radius 2 is 2.04 bits per heavy atom. The van der Waals surface area contributed by atoms with Crippen LogP contribution in [0.3, 0.4) is 0 Å². The van der Waals surface area contributed by atoms with Crippen LogP contribution in [0.25, 0.3) is 0 Å². The third-order valence-electron chi connectivity index (χ3n) is 3.96. The van der Waals surface area contributed by atoms with Crippen LogP contribution >= 0.6 is 11.6 Å². The van der Waals surface area contributed by atoms with E-state index in [4.69, 9.17) is 16.3 Å². The van der Waals surface area contributed by atoms with Gasteiger partial charge in [0.15, 0.2) is 5.60 Å². The number of halogens is 1. The van der Waals surface area contributed by atoms with Crippen molar-refractivity contribution in [2.75, 3.05) is 5.32 Å². The molecule has 1 atom stereocenters. The Labute approximate surface area is 147 Å². The number of nitrogens with zero attached hydrogens (tertiary/aromatic N) is 1. The summed E-state index contributed by atoms with van der Waals surface area (Å²) in [5, 5.41) is 13.5. The number of carbonyl (C=O) groups is 2. The molecule has 0 saturated heterocycles. The number of hydrogen-bond acceptors (Lipinski definition) is 5. The molecule has 128 valence electrons. The molecule has 1 heterocycles. The molecule has 1 aliphatic heterocycles. The Hall–Kier alpha value is -2.93. The van der Waals surface area contributed by atoms with E-state index in [1.54, 1.807) is 24.3 Å². The van der Waals surface area contributed by atoms with Crippen molar-refractivity contribution < 1.29 is 19.2 Å². The molecule has 1 amide bonds. The van der Waals surface area contributed by atoms with Crippen molar-refractivity contribution in [2.24, 2.45) is 0 Å². The largest absolute Gasteiger partial charge is 0.445 e. The van der Waals surface area contributed by atoms with Crippen LogP contribution in [0.15, 0.2) is 42.5 Å². The molecule has 0 unspecified atom stereocenters. The lowest BCUT2D eigenvalue weighted by molar-refractivity contribution is -0.384. The lowest BCUT2D eigenvalue weighted by atomic mass is 9.89. The van der Waals surface area contributed by atoms with Gasteiger partial charge in [0.1, 0.15) is 5.02 Å². The van der Waals surface area contributed by atoms with Crippen LogP contribution in [0.1, 0.15) is 22.8 Å². The lowest BCUT2D eigenvalue weighted by Gasteiger charge is -2.33. The zero-order valence-corrected chi connectivity index (χ0v) is 13.9. The van der Waals surface area contributed by atoms with E-state index in [-0.39, 0.29) is 22.8 Å². The molecule has 8 heteroatoms. The van der Waals surface area contributed by atoms with Crippen LogP contribution in [-0.4, -0.2) is 22.4 Å². The summed E-state index contributed by atoms with van der Waals surface area (Å²) in [6.45, 7) is 1.50. The van der Waals surface area contributed by atoms with Gasteiger partial charge in [-0.3, -0.25) is 14.9 Å². The van der Waals surface area contributed by atoms with Crippen LogP contribution in [0, 0.1) is 10.1 Å². The average Bonchev–Trinajstić information content (AvgIpc) is 2.56. The second-order valence-corrected chi connectivity index (χ2v) is 6.24. The Balaban J connectivity index is 1.86. The van der Waals surface area contributed by atoms with E-state index in [0.29, 0.717) is 11.1 Å². The number of nitro groups is 1. The van der Waals surface area contributed by atoms with Crippen LogP contribution in [-0.2, 0) is 16.0 Å². The Morgan fingerprint density at radius 3 is 2.76 bits per heavy atom. The summed E-state index contributed by atoms with van der Waals surface area (Å²) in [4.78, 5) is 35.1. The molecular formula is C17H13ClN2O5. The number of carbonyl (C=O) groups excluding carboxylic acids is 2. The molecule has 2 aromatic carbocycles. The highest BCUT2D eigenvalue weighted by Crippen LogP contribution is 2.31. The maximum absolute atomic E-state index is 12.6. The first kappa shape index (κ1) is 16.9. The second-order valence-electron chi connectivity index (χ2n) is 5.83. The normalized spacial score (nSPS) is 18.9. The number of hydrogen-bond donors (Lipinski definition) is 1. The van der Waals surface area contributed by atoms with Crippen molar-refractivity contribution >= 4 is 34.9 Å². The van der Waals surface area contributed by atoms with Crippen molar-refractivity contribution in [2.45, 2.75) is 18.9 Å². The fraction of sp³-hybridized carbons (Fsp3) is 0.176. The standard InChI is InChI=1S/C17H13ClN2O5/c1-17(9-10-4-2-3-5-12(10)15(21)25-17)16(22)19-11-6-7-13(18)14(8-11)20(23)24/h2-8H,9H2,1H3,(H,19,22)/t17-/m0/s1. The van der Waals surface area contributed by atoms with Gasteiger partial charge < -0.3 is 10.1 Å². The van der Waals surface area contributed by atoms with Crippen LogP contribution < -0.4 is 5.32 Å². The molecule has 0 aromatic heterocycles. The SMILES string of the molecule is C[C@@]1(C(=O)Nc2ccc(Cl)c([N+](=O)[O-])c2)Cc2ccccc2C(=O)O1. The number of benzene rings is 2. The van der Waals surface area contributed by atoms with Gasteiger partial charge in [0.25, 0.3) is 11.6 Å². The number of cyclic esters (lactones) is 1. The highest BCUT2D eigenvalue weighted by atomic mass is 35.5. The summed E-state index contributed by atoms with van der Waals surface area (Å²) in [6.07, 6.45) is 0.205. The average molecular weight is 361 g/mol. The summed E-state index contributed by atoms with van der Waals surface area (Å²) >= 11 is 5.76. The Bertz CT molecular complexity index is 898. The molecular weight excluding hydrogens is 348 g/mol. The van der Waals surface area contributed by atoms with Crippen molar-refractivity contribution in [1.29, 1.82) is 0 Å². The van der Waals surface area contributed by atoms with Crippen LogP contribution in [0.2, 0.25) is 5.02 Å². The fourth-order valence-corrected chi connectivity index (χ4v) is 2.84. The summed E-state index contributed by atoms with van der Waals surface area (Å²) in [6, 6.07) is 10.8. The molecule has 0 bridgehead atoms. The third-order valence-corrected chi connectivity index (χ3v) is 4.28. The van der Waals surface area contributed by atoms with E-state index in [9.17, 15) is 19.7 Å². The van der Waals surface area contributed by atoms with Crippen molar-refractivity contribution in [3.05, 3.63) is 68.7 Å². The number of amides is 1. The predicted molar refractivity (Wildman–Crippen MR) is 90.7 cm³/mol. The molecule has 7 nitrogen and oxygen atoms in total. The quantitative estimate of drug-likeness (QED) is 0.514. The Morgan fingerprint density at radius 1 is 1.32 bits per heavy atom.